The molecule has 0 spiro atoms. The van der Waals surface area contributed by atoms with Crippen LogP contribution in [0.3, 0.4) is 0 Å². The SMILES string of the molecule is CC(=O)OCCn1c(-c2ccc(-c3c(C[C@@H]4CCCN4C(=O)[C@@H](NC(=O)OC(C)(C)C)C(C)(C)C)c4ccc(F)cc4n3CCOC(C)=O)cc2)c(C[C@@H]2CCCN2C(=O)[C@@H](NC(=O)OC(C)(C)C)C(C)(C)C)c2ccc(F)cc21. The van der Waals surface area contributed by atoms with Gasteiger partial charge in [-0.1, -0.05) is 65.8 Å². The molecule has 2 aliphatic heterocycles. The van der Waals surface area contributed by atoms with E-state index in [1.165, 1.54) is 38.1 Å². The Bertz CT molecular complexity index is 2910. The third-order valence-electron chi connectivity index (χ3n) is 14.7. The molecular formula is C62H82F2N6O10. The summed E-state index contributed by atoms with van der Waals surface area (Å²) < 4.78 is 57.0. The predicted molar refractivity (Wildman–Crippen MR) is 304 cm³/mol. The molecule has 0 unspecified atom stereocenters. The fourth-order valence-electron chi connectivity index (χ4n) is 11.3. The summed E-state index contributed by atoms with van der Waals surface area (Å²) in [5.41, 5.74) is 2.86. The average Bonchev–Trinajstić information content (AvgIpc) is 4.12. The molecule has 2 fully saturated rings. The summed E-state index contributed by atoms with van der Waals surface area (Å²) in [6.07, 6.45) is 2.12. The normalized spacial score (nSPS) is 16.9. The molecule has 80 heavy (non-hydrogen) atoms. The van der Waals surface area contributed by atoms with Crippen LogP contribution >= 0.6 is 0 Å². The van der Waals surface area contributed by atoms with Gasteiger partial charge in [-0.15, -0.1) is 0 Å². The van der Waals surface area contributed by atoms with Gasteiger partial charge in [0.05, 0.1) is 35.5 Å². The number of aromatic nitrogens is 2. The number of esters is 2. The number of halogens is 2. The van der Waals surface area contributed by atoms with Crippen LogP contribution in [0.25, 0.3) is 44.3 Å². The average molecular weight is 1110 g/mol. The second kappa shape index (κ2) is 24.0. The zero-order chi connectivity index (χ0) is 58.8. The van der Waals surface area contributed by atoms with Crippen molar-refractivity contribution in [2.24, 2.45) is 10.8 Å². The third kappa shape index (κ3) is 14.5. The molecule has 5 aromatic rings. The van der Waals surface area contributed by atoms with Crippen molar-refractivity contribution in [1.29, 1.82) is 0 Å². The van der Waals surface area contributed by atoms with Crippen molar-refractivity contribution in [1.82, 2.24) is 29.6 Å². The number of ether oxygens (including phenoxy) is 4. The van der Waals surface area contributed by atoms with E-state index < -0.39 is 69.9 Å². The largest absolute Gasteiger partial charge is 0.464 e. The van der Waals surface area contributed by atoms with Crippen LogP contribution in [0.4, 0.5) is 18.4 Å². The molecule has 3 aromatic carbocycles. The van der Waals surface area contributed by atoms with E-state index >= 15 is 8.78 Å². The van der Waals surface area contributed by atoms with Gasteiger partial charge >= 0.3 is 24.1 Å². The van der Waals surface area contributed by atoms with Gasteiger partial charge in [-0.3, -0.25) is 19.2 Å². The molecule has 2 aromatic heterocycles. The number of hydrogen-bond donors (Lipinski definition) is 2. The van der Waals surface area contributed by atoms with Crippen LogP contribution in [-0.2, 0) is 64.1 Å². The number of amides is 4. The van der Waals surface area contributed by atoms with E-state index in [1.54, 1.807) is 53.7 Å². The second-order valence-corrected chi connectivity index (χ2v) is 25.5. The van der Waals surface area contributed by atoms with Crippen molar-refractivity contribution in [2.75, 3.05) is 26.3 Å². The molecule has 0 radical (unpaired) electrons. The monoisotopic (exact) mass is 1110 g/mol. The first kappa shape index (κ1) is 60.7. The standard InChI is InChI=1S/C62H82F2N6O10/c1-37(71)77-31-29-69-49-33-41(63)23-25-45(49)47(35-43-17-15-27-67(43)55(73)53(59(3,4)5)65-57(75)79-61(9,10)11)51(69)39-19-21-40(22-20-39)52-48(46-26-24-42(64)34-50(46)70(52)30-32-78-38(2)72)36-44-18-16-28-68(44)56(74)54(60(6,7)8)66-58(76)80-62(12,13)14/h19-26,33-34,43-44,53-54H,15-18,27-32,35-36H2,1-14H3,(H,65,75)(H,66,76)/t43-,44-,53+,54+/m0/s1. The third-order valence-corrected chi connectivity index (χ3v) is 14.7. The first-order chi connectivity index (χ1) is 37.3. The van der Waals surface area contributed by atoms with Crippen molar-refractivity contribution < 1.29 is 56.5 Å². The van der Waals surface area contributed by atoms with Gasteiger partial charge in [-0.05, 0) is 150 Å². The predicted octanol–water partition coefficient (Wildman–Crippen LogP) is 11.3. The van der Waals surface area contributed by atoms with Gasteiger partial charge in [-0.25, -0.2) is 18.4 Å². The molecule has 434 valence electrons. The van der Waals surface area contributed by atoms with Gasteiger partial charge in [0.2, 0.25) is 11.8 Å². The minimum Gasteiger partial charge on any atom is -0.464 e. The molecule has 4 atom stereocenters. The van der Waals surface area contributed by atoms with Crippen molar-refractivity contribution in [3.05, 3.63) is 83.4 Å². The Kier molecular flexibility index (Phi) is 18.2. The number of nitrogens with zero attached hydrogens (tertiary/aromatic N) is 4. The minimum absolute atomic E-state index is 0.00556. The number of nitrogens with one attached hydrogen (secondary N) is 2. The van der Waals surface area contributed by atoms with Crippen LogP contribution < -0.4 is 10.6 Å². The summed E-state index contributed by atoms with van der Waals surface area (Å²) in [5, 5.41) is 7.25. The van der Waals surface area contributed by atoms with Crippen LogP contribution in [0, 0.1) is 22.5 Å². The Morgan fingerprint density at radius 1 is 0.550 bits per heavy atom. The van der Waals surface area contributed by atoms with E-state index in [4.69, 9.17) is 18.9 Å². The Morgan fingerprint density at radius 2 is 0.900 bits per heavy atom. The number of rotatable bonds is 16. The van der Waals surface area contributed by atoms with Gasteiger partial charge in [0.1, 0.15) is 48.1 Å². The molecule has 4 heterocycles. The van der Waals surface area contributed by atoms with Crippen LogP contribution in [0.2, 0.25) is 0 Å². The zero-order valence-corrected chi connectivity index (χ0v) is 49.2. The number of alkyl carbamates (subject to hydrolysis) is 2. The summed E-state index contributed by atoms with van der Waals surface area (Å²) in [4.78, 5) is 83.9. The van der Waals surface area contributed by atoms with Crippen LogP contribution in [-0.4, -0.2) is 117 Å². The highest BCUT2D eigenvalue weighted by Gasteiger charge is 2.43. The van der Waals surface area contributed by atoms with E-state index in [0.717, 1.165) is 44.4 Å². The highest BCUT2D eigenvalue weighted by molar-refractivity contribution is 5.95. The topological polar surface area (TPSA) is 180 Å². The second-order valence-electron chi connectivity index (χ2n) is 25.5. The number of benzene rings is 3. The van der Waals surface area contributed by atoms with Crippen LogP contribution in [0.5, 0.6) is 0 Å². The molecule has 4 amide bonds. The van der Waals surface area contributed by atoms with Crippen LogP contribution in [0.15, 0.2) is 60.7 Å². The molecule has 18 heteroatoms. The zero-order valence-electron chi connectivity index (χ0n) is 49.2. The Balaban J connectivity index is 1.34. The van der Waals surface area contributed by atoms with Gasteiger partial charge in [0.15, 0.2) is 0 Å². The Morgan fingerprint density at radius 3 is 1.21 bits per heavy atom. The summed E-state index contributed by atoms with van der Waals surface area (Å²) in [5.74, 6) is -2.34. The molecule has 2 saturated heterocycles. The number of likely N-dealkylation sites (tertiary alicyclic amines) is 2. The molecular weight excluding hydrogens is 1030 g/mol. The number of carbonyl (C=O) groups is 6. The highest BCUT2D eigenvalue weighted by Crippen LogP contribution is 2.42. The summed E-state index contributed by atoms with van der Waals surface area (Å²) in [6.45, 7) is 25.9. The smallest absolute Gasteiger partial charge is 0.408 e. The van der Waals surface area contributed by atoms with E-state index in [0.29, 0.717) is 62.6 Å². The highest BCUT2D eigenvalue weighted by atomic mass is 19.1. The van der Waals surface area contributed by atoms with E-state index in [2.05, 4.69) is 10.6 Å². The number of hydrogen-bond acceptors (Lipinski definition) is 10. The molecule has 2 aliphatic rings. The molecule has 7 rings (SSSR count). The Hall–Kier alpha value is -6.98. The molecule has 0 bridgehead atoms. The van der Waals surface area contributed by atoms with E-state index in [-0.39, 0.29) is 50.2 Å². The van der Waals surface area contributed by atoms with E-state index in [9.17, 15) is 28.8 Å². The van der Waals surface area contributed by atoms with Gasteiger partial charge in [0, 0.05) is 49.8 Å². The first-order valence-electron chi connectivity index (χ1n) is 27.9. The number of carbonyl (C=O) groups excluding carboxylic acids is 6. The molecule has 16 nitrogen and oxygen atoms in total. The molecule has 0 aliphatic carbocycles. The summed E-state index contributed by atoms with van der Waals surface area (Å²) >= 11 is 0. The van der Waals surface area contributed by atoms with Crippen molar-refractivity contribution in [3.63, 3.8) is 0 Å². The molecule has 0 saturated carbocycles. The maximum Gasteiger partial charge on any atom is 0.408 e. The van der Waals surface area contributed by atoms with Crippen molar-refractivity contribution in [2.45, 2.75) is 184 Å². The summed E-state index contributed by atoms with van der Waals surface area (Å²) in [6, 6.07) is 14.6. The fourth-order valence-corrected chi connectivity index (χ4v) is 11.3. The Labute approximate surface area is 469 Å². The molecule has 2 N–H and O–H groups in total. The van der Waals surface area contributed by atoms with Gasteiger partial charge in [-0.2, -0.15) is 0 Å². The van der Waals surface area contributed by atoms with Gasteiger partial charge < -0.3 is 48.5 Å². The van der Waals surface area contributed by atoms with Crippen molar-refractivity contribution >= 4 is 57.7 Å². The quantitative estimate of drug-likeness (QED) is 0.0713. The van der Waals surface area contributed by atoms with E-state index in [1.807, 2.05) is 84.7 Å². The lowest BCUT2D eigenvalue weighted by molar-refractivity contribution is -0.142. The van der Waals surface area contributed by atoms with Gasteiger partial charge in [0.25, 0.3) is 0 Å². The first-order valence-corrected chi connectivity index (χ1v) is 27.9. The lowest BCUT2D eigenvalue weighted by Crippen LogP contribution is -2.56. The maximum atomic E-state index is 15.5. The van der Waals surface area contributed by atoms with Crippen molar-refractivity contribution in [3.8, 4) is 22.5 Å². The lowest BCUT2D eigenvalue weighted by atomic mass is 9.85. The lowest BCUT2D eigenvalue weighted by Gasteiger charge is -2.36. The minimum atomic E-state index is -0.908. The fraction of sp³-hybridized carbons (Fsp3) is 0.548. The summed E-state index contributed by atoms with van der Waals surface area (Å²) in [7, 11) is 0. The maximum absolute atomic E-state index is 15.5. The number of fused-ring (bicyclic) bond motifs is 2. The van der Waals surface area contributed by atoms with Crippen LogP contribution in [0.1, 0.15) is 134 Å².